The number of nitrogens with two attached hydrogens (primary N) is 2. The van der Waals surface area contributed by atoms with Gasteiger partial charge in [0.25, 0.3) is 11.8 Å². The van der Waals surface area contributed by atoms with Crippen LogP contribution < -0.4 is 11.5 Å². The Morgan fingerprint density at radius 1 is 0.422 bits per heavy atom. The van der Waals surface area contributed by atoms with E-state index in [-0.39, 0.29) is 54.5 Å². The van der Waals surface area contributed by atoms with Crippen LogP contribution in [0.1, 0.15) is 203 Å². The Kier molecular flexibility index (Phi) is 30.5. The highest BCUT2D eigenvalue weighted by atomic mass is 32.1. The Bertz CT molecular complexity index is 7460. The zero-order chi connectivity index (χ0) is 104. The number of alkyl halides is 7. The molecule has 37 heteroatoms. The molecule has 5 atom stereocenters. The van der Waals surface area contributed by atoms with E-state index in [0.29, 0.717) is 88.2 Å². The van der Waals surface area contributed by atoms with Crippen LogP contribution in [-0.4, -0.2) is 234 Å². The first kappa shape index (κ1) is 104. The molecule has 147 heavy (non-hydrogen) atoms. The summed E-state index contributed by atoms with van der Waals surface area (Å²) in [5.41, 5.74) is 31.9. The van der Waals surface area contributed by atoms with E-state index in [1.54, 1.807) is 99.1 Å². The van der Waals surface area contributed by atoms with Gasteiger partial charge in [0.2, 0.25) is 0 Å². The van der Waals surface area contributed by atoms with E-state index in [1.165, 1.54) is 114 Å². The molecule has 10 aromatic heterocycles. The minimum atomic E-state index is -4.41. The van der Waals surface area contributed by atoms with Gasteiger partial charge in [-0.3, -0.25) is 67.2 Å². The second kappa shape index (κ2) is 43.3. The number of hydrogen-bond acceptors (Lipinski definition) is 24. The van der Waals surface area contributed by atoms with Crippen molar-refractivity contribution < 1.29 is 64.2 Å². The standard InChI is InChI=1S/C23H25F3N4O2.C23H26N4O.C22H25FN4O.C22H25N5O.C20H20F3N5O2S/c1-13-10-30(12-22(32-13)23(24,25)26)11-16-5-6-17-18(19-9-27-29(4)14(19)2)8-20(15(3)31)28-21(17)7-16;1-16(28)21-12-20(18-13-24-26(2)15-18)19-6-5-17(11-22(19)25-21)14-27-10-4-3-7-23(27)8-9-23;1-15(28)21-10-20(17-12-24-26(2)14-17)19-7-6-16(9-22(19)25-21)13-27-8-4-3-5-18(27)11-23;1-26-14-16(12-24-26)18-11-20(21(23)28)25-19-10-15(2-3-17(18)19)13-27-8-6-22(4-5-22)7-9-27;1-10-7-28(9-17(30-10)20(21,22)23)8-12-3-4-13-14(19-25-11(2)27-31-19)6-16(18(24)29)26-15(13)5-12/h5-9,13,22H,10-12H2,1-4H3;5-6,11-13,15H,3-4,7-10,14H2,1-2H3;6-7,9-10,12,14,18H,3-5,8,11,13H2,1-2H3;2-3,10-12,14H,4-9,13H2,1H3,(H2,23,28);3-6,10,17H,7-9H2,1-2H3,(H2,24,29)/t13-,22-;;;;10-,17-/m1...1/s1. The molecule has 5 aliphatic heterocycles. The van der Waals surface area contributed by atoms with Crippen molar-refractivity contribution in [2.24, 2.45) is 45.1 Å². The van der Waals surface area contributed by atoms with Crippen LogP contribution in [0.5, 0.6) is 0 Å². The number of carbonyl (C=O) groups is 5. The zero-order valence-electron chi connectivity index (χ0n) is 84.4. The zero-order valence-corrected chi connectivity index (χ0v) is 85.2. The van der Waals surface area contributed by atoms with E-state index in [4.69, 9.17) is 20.9 Å². The first-order chi connectivity index (χ1) is 70.2. The summed E-state index contributed by atoms with van der Waals surface area (Å²) >= 11 is 1.20. The highest BCUT2D eigenvalue weighted by Crippen LogP contribution is 2.54. The Morgan fingerprint density at radius 3 is 1.20 bits per heavy atom. The van der Waals surface area contributed by atoms with E-state index in [2.05, 4.69) is 118 Å². The normalized spacial score (nSPS) is 19.2. The molecule has 1 unspecified atom stereocenters. The minimum Gasteiger partial charge on any atom is -0.364 e. The molecule has 2 saturated carbocycles. The van der Waals surface area contributed by atoms with Crippen LogP contribution in [0.2, 0.25) is 0 Å². The Morgan fingerprint density at radius 2 is 0.816 bits per heavy atom. The van der Waals surface area contributed by atoms with Crippen LogP contribution in [0.4, 0.5) is 30.7 Å². The SMILES string of the molecule is CC(=O)c1cc(-c2cnn(C)c2)c2ccc(CN3CCCCC34CC4)cc2n1.CC(=O)c1cc(-c2cnn(C)c2)c2ccc(CN3CCCCC3CF)cc2n1.CC(=O)c1cc(-c2cnn(C)c2C)c2ccc(CN3C[C@@H](C)O[C@@H](C(F)(F)F)C3)cc2n1.Cc1nsc(-c2cc(C(N)=O)nc3cc(CN4C[C@@H](C)O[C@@H](C(F)(F)F)C4)ccc23)n1.Cn1cc(-c2cc(C(N)=O)nc3cc(CN4CCC5(CC4)CC5)ccc23)cn1. The number of carbonyl (C=O) groups excluding carboxylic acids is 5. The maximum Gasteiger partial charge on any atom is 0.415 e. The molecule has 2 spiro atoms. The molecule has 0 bridgehead atoms. The molecule has 2 aliphatic carbocycles. The topological polar surface area (TPSA) is 334 Å². The number of ether oxygens (including phenoxy) is 2. The summed E-state index contributed by atoms with van der Waals surface area (Å²) in [6.07, 6.45) is 14.9. The van der Waals surface area contributed by atoms with E-state index >= 15 is 0 Å². The monoisotopic (exact) mass is 2030 g/mol. The number of rotatable bonds is 21. The van der Waals surface area contributed by atoms with E-state index in [1.807, 2.05) is 108 Å². The van der Waals surface area contributed by atoms with E-state index in [0.717, 1.165) is 149 Å². The number of morpholine rings is 2. The second-order valence-corrected chi connectivity index (χ2v) is 41.3. The second-order valence-electron chi connectivity index (χ2n) is 40.5. The van der Waals surface area contributed by atoms with Gasteiger partial charge < -0.3 is 20.9 Å². The molecule has 15 heterocycles. The van der Waals surface area contributed by atoms with Gasteiger partial charge in [-0.2, -0.15) is 51.1 Å². The fourth-order valence-electron chi connectivity index (χ4n) is 21.0. The molecule has 7 aliphatic rings. The van der Waals surface area contributed by atoms with Crippen molar-refractivity contribution in [3.05, 3.63) is 233 Å². The molecule has 7 fully saturated rings. The molecular formula is C110H121F7N22O7S. The number of nitrogens with zero attached hydrogens (tertiary/aromatic N) is 20. The number of fused-ring (bicyclic) bond motifs is 5. The van der Waals surface area contributed by atoms with Gasteiger partial charge in [-0.1, -0.05) is 73.5 Å². The predicted octanol–water partition coefficient (Wildman–Crippen LogP) is 19.2. The van der Waals surface area contributed by atoms with Crippen molar-refractivity contribution in [2.45, 2.75) is 207 Å². The van der Waals surface area contributed by atoms with Gasteiger partial charge in [-0.25, -0.2) is 34.3 Å². The van der Waals surface area contributed by atoms with Crippen molar-refractivity contribution in [1.82, 2.24) is 97.9 Å². The lowest BCUT2D eigenvalue weighted by molar-refractivity contribution is -0.252. The number of aryl methyl sites for hydroxylation is 5. The fourth-order valence-corrected chi connectivity index (χ4v) is 21.7. The summed E-state index contributed by atoms with van der Waals surface area (Å²) < 4.78 is 114. The van der Waals surface area contributed by atoms with Crippen LogP contribution in [0, 0.1) is 19.3 Å². The third kappa shape index (κ3) is 24.3. The van der Waals surface area contributed by atoms with Crippen molar-refractivity contribution in [2.75, 3.05) is 59.0 Å². The van der Waals surface area contributed by atoms with Crippen LogP contribution in [0.15, 0.2) is 165 Å². The lowest BCUT2D eigenvalue weighted by atomic mass is 9.93. The smallest absolute Gasteiger partial charge is 0.364 e. The molecule has 768 valence electrons. The van der Waals surface area contributed by atoms with Gasteiger partial charge in [0.15, 0.2) is 29.6 Å². The van der Waals surface area contributed by atoms with Gasteiger partial charge in [0.05, 0.1) is 64.6 Å². The number of hydrogen-bond donors (Lipinski definition) is 2. The number of halogens is 7. The molecule has 0 radical (unpaired) electrons. The molecule has 5 aromatic carbocycles. The summed E-state index contributed by atoms with van der Waals surface area (Å²) in [5.74, 6) is -0.803. The summed E-state index contributed by atoms with van der Waals surface area (Å²) in [6, 6.07) is 39.1. The molecule has 22 rings (SSSR count). The first-order valence-corrected chi connectivity index (χ1v) is 50.7. The number of aromatic nitrogens is 15. The van der Waals surface area contributed by atoms with Crippen molar-refractivity contribution in [3.63, 3.8) is 0 Å². The maximum absolute atomic E-state index is 13.4. The number of likely N-dealkylation sites (tertiary alicyclic amines) is 3. The highest BCUT2D eigenvalue weighted by molar-refractivity contribution is 7.09. The molecule has 4 N–H and O–H groups in total. The molecule has 15 aromatic rings. The lowest BCUT2D eigenvalue weighted by Crippen LogP contribution is -2.51. The average Bonchev–Trinajstić information content (AvgIpc) is 1.62. The van der Waals surface area contributed by atoms with Crippen molar-refractivity contribution in [3.8, 4) is 55.1 Å². The van der Waals surface area contributed by atoms with Gasteiger partial charge in [0.1, 0.15) is 46.0 Å². The number of ketones is 3. The lowest BCUT2D eigenvalue weighted by Gasteiger charge is -2.37. The molecule has 29 nitrogen and oxygen atoms in total. The van der Waals surface area contributed by atoms with Gasteiger partial charge in [0, 0.05) is 198 Å². The number of Topliss-reactive ketones (excluding diaryl/α,β-unsaturated/α-hetero) is 3. The Balaban J connectivity index is 0.000000120. The Labute approximate surface area is 850 Å². The van der Waals surface area contributed by atoms with Gasteiger partial charge in [-0.05, 0) is 246 Å². The van der Waals surface area contributed by atoms with Crippen LogP contribution in [0.25, 0.3) is 110 Å². The van der Waals surface area contributed by atoms with Gasteiger partial charge in [-0.15, -0.1) is 0 Å². The average molecular weight is 2030 g/mol. The van der Waals surface area contributed by atoms with Crippen molar-refractivity contribution in [1.29, 1.82) is 0 Å². The number of primary amides is 2. The van der Waals surface area contributed by atoms with E-state index in [9.17, 15) is 54.7 Å². The first-order valence-electron chi connectivity index (χ1n) is 50.0. The third-order valence-electron chi connectivity index (χ3n) is 29.3. The summed E-state index contributed by atoms with van der Waals surface area (Å²) in [7, 11) is 7.51. The predicted molar refractivity (Wildman–Crippen MR) is 551 cm³/mol. The number of benzene rings is 5. The summed E-state index contributed by atoms with van der Waals surface area (Å²) in [5, 5.41) is 22.4. The third-order valence-corrected chi connectivity index (χ3v) is 30.1. The minimum absolute atomic E-state index is 0.00640. The van der Waals surface area contributed by atoms with Crippen molar-refractivity contribution >= 4 is 95.2 Å². The van der Waals surface area contributed by atoms with Crippen LogP contribution >= 0.6 is 11.5 Å². The molecular weight excluding hydrogens is 1910 g/mol. The number of amides is 2. The number of piperidine rings is 3. The van der Waals surface area contributed by atoms with Gasteiger partial charge >= 0.3 is 12.4 Å². The summed E-state index contributed by atoms with van der Waals surface area (Å²) in [4.78, 5) is 97.8. The van der Waals surface area contributed by atoms with E-state index < -0.39 is 48.6 Å². The summed E-state index contributed by atoms with van der Waals surface area (Å²) in [6.45, 7) is 19.3. The van der Waals surface area contributed by atoms with Crippen LogP contribution in [0.3, 0.4) is 0 Å². The van der Waals surface area contributed by atoms with Crippen LogP contribution in [-0.2, 0) is 70.4 Å². The highest BCUT2D eigenvalue weighted by Gasteiger charge is 2.50. The fraction of sp³-hybridized carbons (Fsp3) is 0.418. The maximum atomic E-state index is 13.4. The molecule has 5 saturated heterocycles. The number of pyridine rings is 5. The quantitative estimate of drug-likeness (QED) is 0.0498. The Hall–Kier alpha value is -13.3. The largest absolute Gasteiger partial charge is 0.415 e. The molecule has 2 amide bonds.